The van der Waals surface area contributed by atoms with Crippen molar-refractivity contribution in [2.45, 2.75) is 13.3 Å². The fourth-order valence-electron chi connectivity index (χ4n) is 3.95. The average molecular weight is 527 g/mol. The SMILES string of the molecule is Cc1ccc(C(=O)c2nn(-c3ccc(Cl)cc3)c(NCCCNc3ccc4scnc4c3)c2C#N)cc1. The molecule has 0 fully saturated rings. The van der Waals surface area contributed by atoms with Crippen LogP contribution in [0.2, 0.25) is 5.02 Å². The smallest absolute Gasteiger partial charge is 0.214 e. The van der Waals surface area contributed by atoms with Gasteiger partial charge < -0.3 is 10.6 Å². The Morgan fingerprint density at radius 2 is 1.81 bits per heavy atom. The molecule has 0 bridgehead atoms. The molecule has 37 heavy (non-hydrogen) atoms. The summed E-state index contributed by atoms with van der Waals surface area (Å²) >= 11 is 7.70. The summed E-state index contributed by atoms with van der Waals surface area (Å²) in [5.74, 6) is 0.176. The van der Waals surface area contributed by atoms with E-state index in [-0.39, 0.29) is 17.0 Å². The summed E-state index contributed by atoms with van der Waals surface area (Å²) in [5, 5.41) is 21.9. The number of thiazole rings is 1. The van der Waals surface area contributed by atoms with Gasteiger partial charge in [0.1, 0.15) is 17.5 Å². The van der Waals surface area contributed by atoms with Crippen molar-refractivity contribution in [1.82, 2.24) is 14.8 Å². The molecule has 0 saturated carbocycles. The number of ketones is 1. The molecule has 2 aromatic heterocycles. The van der Waals surface area contributed by atoms with Crippen molar-refractivity contribution < 1.29 is 4.79 Å². The maximum Gasteiger partial charge on any atom is 0.214 e. The normalized spacial score (nSPS) is 10.8. The molecule has 0 radical (unpaired) electrons. The van der Waals surface area contributed by atoms with Crippen molar-refractivity contribution in [2.75, 3.05) is 23.7 Å². The molecule has 0 atom stereocenters. The highest BCUT2D eigenvalue weighted by atomic mass is 35.5. The number of nitriles is 1. The minimum atomic E-state index is -0.300. The number of halogens is 1. The summed E-state index contributed by atoms with van der Waals surface area (Å²) in [7, 11) is 0. The van der Waals surface area contributed by atoms with Crippen molar-refractivity contribution in [3.05, 3.63) is 99.6 Å². The van der Waals surface area contributed by atoms with E-state index in [1.54, 1.807) is 52.4 Å². The lowest BCUT2D eigenvalue weighted by Gasteiger charge is -2.11. The second-order valence-electron chi connectivity index (χ2n) is 8.51. The van der Waals surface area contributed by atoms with Gasteiger partial charge >= 0.3 is 0 Å². The van der Waals surface area contributed by atoms with E-state index < -0.39 is 0 Å². The zero-order chi connectivity index (χ0) is 25.8. The second-order valence-corrected chi connectivity index (χ2v) is 9.83. The average Bonchev–Trinajstić information content (AvgIpc) is 3.53. The van der Waals surface area contributed by atoms with Crippen LogP contribution in [0.5, 0.6) is 0 Å². The van der Waals surface area contributed by atoms with Gasteiger partial charge in [-0.15, -0.1) is 11.3 Å². The molecule has 2 N–H and O–H groups in total. The standard InChI is InChI=1S/C28H23ClN6OS/c1-18-3-5-19(6-4-18)27(36)26-23(16-30)28(35(34-26)22-10-7-20(29)8-11-22)32-14-2-13-31-21-9-12-25-24(15-21)33-17-37-25/h3-12,15,17,31-32H,2,13-14H2,1H3. The Balaban J connectivity index is 1.36. The van der Waals surface area contributed by atoms with Crippen LogP contribution in [0.15, 0.2) is 72.2 Å². The minimum absolute atomic E-state index is 0.110. The van der Waals surface area contributed by atoms with E-state index in [9.17, 15) is 10.1 Å². The van der Waals surface area contributed by atoms with Crippen LogP contribution in [0.1, 0.15) is 33.6 Å². The van der Waals surface area contributed by atoms with E-state index in [0.29, 0.717) is 28.6 Å². The summed E-state index contributed by atoms with van der Waals surface area (Å²) < 4.78 is 2.75. The number of carbonyl (C=O) groups excluding carboxylic acids is 1. The summed E-state index contributed by atoms with van der Waals surface area (Å²) in [6.07, 6.45) is 0.771. The Morgan fingerprint density at radius 3 is 2.57 bits per heavy atom. The van der Waals surface area contributed by atoms with Crippen LogP contribution < -0.4 is 10.6 Å². The van der Waals surface area contributed by atoms with Gasteiger partial charge in [-0.2, -0.15) is 10.4 Å². The number of nitrogens with zero attached hydrogens (tertiary/aromatic N) is 4. The van der Waals surface area contributed by atoms with Crippen LogP contribution in [-0.4, -0.2) is 33.6 Å². The monoisotopic (exact) mass is 526 g/mol. The molecule has 5 aromatic rings. The van der Waals surface area contributed by atoms with Gasteiger partial charge in [0.25, 0.3) is 0 Å². The van der Waals surface area contributed by atoms with Crippen LogP contribution in [0.25, 0.3) is 15.9 Å². The van der Waals surface area contributed by atoms with Crippen molar-refractivity contribution in [2.24, 2.45) is 0 Å². The molecule has 7 nitrogen and oxygen atoms in total. The second kappa shape index (κ2) is 10.8. The molecule has 0 spiro atoms. The van der Waals surface area contributed by atoms with Crippen LogP contribution in [0.4, 0.5) is 11.5 Å². The van der Waals surface area contributed by atoms with Crippen LogP contribution in [-0.2, 0) is 0 Å². The van der Waals surface area contributed by atoms with E-state index >= 15 is 0 Å². The highest BCUT2D eigenvalue weighted by Crippen LogP contribution is 2.27. The predicted molar refractivity (Wildman–Crippen MR) is 149 cm³/mol. The molecule has 9 heteroatoms. The van der Waals surface area contributed by atoms with E-state index in [4.69, 9.17) is 11.6 Å². The number of anilines is 2. The highest BCUT2D eigenvalue weighted by Gasteiger charge is 2.25. The fourth-order valence-corrected chi connectivity index (χ4v) is 4.74. The van der Waals surface area contributed by atoms with Crippen LogP contribution in [0.3, 0.4) is 0 Å². The summed E-state index contributed by atoms with van der Waals surface area (Å²) in [4.78, 5) is 17.7. The summed E-state index contributed by atoms with van der Waals surface area (Å²) in [6, 6.07) is 22.7. The first-order chi connectivity index (χ1) is 18.0. The first-order valence-corrected chi connectivity index (χ1v) is 13.0. The van der Waals surface area contributed by atoms with E-state index in [0.717, 1.165) is 34.4 Å². The number of aryl methyl sites for hydroxylation is 1. The third-order valence-electron chi connectivity index (χ3n) is 5.90. The Kier molecular flexibility index (Phi) is 7.17. The van der Waals surface area contributed by atoms with Gasteiger partial charge in [-0.3, -0.25) is 4.79 Å². The van der Waals surface area contributed by atoms with Gasteiger partial charge in [-0.05, 0) is 55.8 Å². The highest BCUT2D eigenvalue weighted by molar-refractivity contribution is 7.16. The van der Waals surface area contributed by atoms with E-state index in [2.05, 4.69) is 32.9 Å². The van der Waals surface area contributed by atoms with Crippen LogP contribution in [0, 0.1) is 18.3 Å². The maximum absolute atomic E-state index is 13.3. The van der Waals surface area contributed by atoms with Crippen molar-refractivity contribution in [3.63, 3.8) is 0 Å². The molecule has 0 aliphatic carbocycles. The summed E-state index contributed by atoms with van der Waals surface area (Å²) in [5.41, 5.74) is 6.37. The number of benzene rings is 3. The lowest BCUT2D eigenvalue weighted by atomic mass is 10.0. The molecule has 0 aliphatic heterocycles. The Labute approximate surface area is 223 Å². The van der Waals surface area contributed by atoms with E-state index in [1.807, 2.05) is 36.7 Å². The maximum atomic E-state index is 13.3. The van der Waals surface area contributed by atoms with E-state index in [1.165, 1.54) is 0 Å². The number of aromatic nitrogens is 3. The number of carbonyl (C=O) groups is 1. The van der Waals surface area contributed by atoms with Gasteiger partial charge in [0, 0.05) is 29.4 Å². The predicted octanol–water partition coefficient (Wildman–Crippen LogP) is 6.46. The van der Waals surface area contributed by atoms with Gasteiger partial charge in [0.2, 0.25) is 5.78 Å². The van der Waals surface area contributed by atoms with Gasteiger partial charge in [-0.25, -0.2) is 9.67 Å². The lowest BCUT2D eigenvalue weighted by molar-refractivity contribution is 0.103. The van der Waals surface area contributed by atoms with Gasteiger partial charge in [0.15, 0.2) is 5.69 Å². The molecular formula is C28H23ClN6OS. The third-order valence-corrected chi connectivity index (χ3v) is 6.96. The minimum Gasteiger partial charge on any atom is -0.385 e. The largest absolute Gasteiger partial charge is 0.385 e. The Hall–Kier alpha value is -4.19. The quantitative estimate of drug-likeness (QED) is 0.169. The van der Waals surface area contributed by atoms with Gasteiger partial charge in [0.05, 0.1) is 21.4 Å². The summed E-state index contributed by atoms with van der Waals surface area (Å²) in [6.45, 7) is 3.24. The number of hydrogen-bond acceptors (Lipinski definition) is 7. The molecule has 5 rings (SSSR count). The number of hydrogen-bond donors (Lipinski definition) is 2. The zero-order valence-electron chi connectivity index (χ0n) is 20.0. The molecule has 0 unspecified atom stereocenters. The molecule has 184 valence electrons. The van der Waals surface area contributed by atoms with Crippen molar-refractivity contribution >= 4 is 50.4 Å². The van der Waals surface area contributed by atoms with Gasteiger partial charge in [-0.1, -0.05) is 41.4 Å². The fraction of sp³-hybridized carbons (Fsp3) is 0.143. The van der Waals surface area contributed by atoms with Crippen molar-refractivity contribution in [1.29, 1.82) is 5.26 Å². The Morgan fingerprint density at radius 1 is 1.05 bits per heavy atom. The molecular weight excluding hydrogens is 504 g/mol. The Bertz CT molecular complexity index is 1600. The topological polar surface area (TPSA) is 95.6 Å². The lowest BCUT2D eigenvalue weighted by Crippen LogP contribution is -2.12. The zero-order valence-corrected chi connectivity index (χ0v) is 21.6. The third kappa shape index (κ3) is 5.33. The number of nitrogens with one attached hydrogen (secondary N) is 2. The molecule has 3 aromatic carbocycles. The first kappa shape index (κ1) is 24.5. The molecule has 0 aliphatic rings. The molecule has 2 heterocycles. The number of rotatable bonds is 9. The molecule has 0 saturated heterocycles. The first-order valence-electron chi connectivity index (χ1n) is 11.7. The van der Waals surface area contributed by atoms with Crippen molar-refractivity contribution in [3.8, 4) is 11.8 Å². The van der Waals surface area contributed by atoms with Crippen LogP contribution >= 0.6 is 22.9 Å². The number of fused-ring (bicyclic) bond motifs is 1. The molecule has 0 amide bonds.